The standard InChI is InChI=1S/C19H16N2O3S/c1-13(22)24-17-8-3-2-6-14(17)15-9-11-25-18(15)12-21-19(23)16-7-4-5-10-20-16/h2-11H,12H2,1H3,(H,21,23). The molecule has 1 amide bonds. The van der Waals surface area contributed by atoms with E-state index in [0.29, 0.717) is 18.0 Å². The van der Waals surface area contributed by atoms with Gasteiger partial charge in [-0.1, -0.05) is 24.3 Å². The maximum atomic E-state index is 12.2. The number of benzene rings is 1. The van der Waals surface area contributed by atoms with Gasteiger partial charge in [0, 0.05) is 29.1 Å². The molecule has 0 aliphatic carbocycles. The average molecular weight is 352 g/mol. The Hall–Kier alpha value is -2.99. The van der Waals surface area contributed by atoms with Gasteiger partial charge in [0.2, 0.25) is 0 Å². The lowest BCUT2D eigenvalue weighted by Crippen LogP contribution is -2.23. The van der Waals surface area contributed by atoms with Crippen LogP contribution in [0.3, 0.4) is 0 Å². The first kappa shape index (κ1) is 16.9. The van der Waals surface area contributed by atoms with Crippen molar-refractivity contribution in [1.82, 2.24) is 10.3 Å². The number of nitrogens with one attached hydrogen (secondary N) is 1. The van der Waals surface area contributed by atoms with Crippen molar-refractivity contribution in [2.24, 2.45) is 0 Å². The zero-order valence-corrected chi connectivity index (χ0v) is 14.4. The van der Waals surface area contributed by atoms with Crippen molar-refractivity contribution in [3.8, 4) is 16.9 Å². The number of ether oxygens (including phenoxy) is 1. The van der Waals surface area contributed by atoms with Crippen molar-refractivity contribution in [1.29, 1.82) is 0 Å². The fourth-order valence-electron chi connectivity index (χ4n) is 2.40. The third-order valence-electron chi connectivity index (χ3n) is 3.48. The number of pyridine rings is 1. The third kappa shape index (κ3) is 4.10. The van der Waals surface area contributed by atoms with Gasteiger partial charge in [-0.25, -0.2) is 0 Å². The van der Waals surface area contributed by atoms with Crippen molar-refractivity contribution < 1.29 is 14.3 Å². The average Bonchev–Trinajstić information content (AvgIpc) is 3.09. The number of aromatic nitrogens is 1. The summed E-state index contributed by atoms with van der Waals surface area (Å²) in [5.41, 5.74) is 2.13. The molecule has 0 unspecified atom stereocenters. The van der Waals surface area contributed by atoms with Gasteiger partial charge in [-0.2, -0.15) is 0 Å². The van der Waals surface area contributed by atoms with Gasteiger partial charge < -0.3 is 10.1 Å². The molecule has 2 aromatic heterocycles. The summed E-state index contributed by atoms with van der Waals surface area (Å²) in [7, 11) is 0. The summed E-state index contributed by atoms with van der Waals surface area (Å²) >= 11 is 1.53. The van der Waals surface area contributed by atoms with Crippen molar-refractivity contribution in [3.63, 3.8) is 0 Å². The molecule has 2 heterocycles. The van der Waals surface area contributed by atoms with E-state index in [4.69, 9.17) is 4.74 Å². The van der Waals surface area contributed by atoms with Gasteiger partial charge in [0.05, 0.1) is 6.54 Å². The number of amides is 1. The van der Waals surface area contributed by atoms with Gasteiger partial charge >= 0.3 is 5.97 Å². The molecule has 1 aromatic carbocycles. The van der Waals surface area contributed by atoms with E-state index in [0.717, 1.165) is 16.0 Å². The second-order valence-corrected chi connectivity index (χ2v) is 6.25. The summed E-state index contributed by atoms with van der Waals surface area (Å²) < 4.78 is 5.29. The molecule has 25 heavy (non-hydrogen) atoms. The highest BCUT2D eigenvalue weighted by Gasteiger charge is 2.14. The fraction of sp³-hybridized carbons (Fsp3) is 0.105. The van der Waals surface area contributed by atoms with E-state index in [1.54, 1.807) is 30.5 Å². The Bertz CT molecular complexity index is 890. The normalized spacial score (nSPS) is 10.3. The van der Waals surface area contributed by atoms with Crippen LogP contribution in [0.4, 0.5) is 0 Å². The third-order valence-corrected chi connectivity index (χ3v) is 4.40. The van der Waals surface area contributed by atoms with E-state index < -0.39 is 0 Å². The Balaban J connectivity index is 1.80. The minimum atomic E-state index is -0.368. The lowest BCUT2D eigenvalue weighted by molar-refractivity contribution is -0.131. The first-order valence-corrected chi connectivity index (χ1v) is 8.56. The molecule has 0 spiro atoms. The minimum Gasteiger partial charge on any atom is -0.426 e. The van der Waals surface area contributed by atoms with Crippen LogP contribution in [0, 0.1) is 0 Å². The van der Waals surface area contributed by atoms with Gasteiger partial charge in [-0.3, -0.25) is 14.6 Å². The van der Waals surface area contributed by atoms with E-state index >= 15 is 0 Å². The Morgan fingerprint density at radius 2 is 1.88 bits per heavy atom. The van der Waals surface area contributed by atoms with Crippen LogP contribution in [0.15, 0.2) is 60.1 Å². The van der Waals surface area contributed by atoms with E-state index in [1.807, 2.05) is 29.6 Å². The Kier molecular flexibility index (Phi) is 5.20. The van der Waals surface area contributed by atoms with Crippen LogP contribution in [0.1, 0.15) is 22.3 Å². The molecule has 0 atom stereocenters. The van der Waals surface area contributed by atoms with E-state index in [-0.39, 0.29) is 11.9 Å². The molecule has 0 aliphatic rings. The van der Waals surface area contributed by atoms with Crippen molar-refractivity contribution in [2.45, 2.75) is 13.5 Å². The van der Waals surface area contributed by atoms with E-state index in [1.165, 1.54) is 18.3 Å². The summed E-state index contributed by atoms with van der Waals surface area (Å²) in [6, 6.07) is 14.5. The van der Waals surface area contributed by atoms with Crippen LogP contribution in [-0.2, 0) is 11.3 Å². The summed E-state index contributed by atoms with van der Waals surface area (Å²) in [6.07, 6.45) is 1.58. The summed E-state index contributed by atoms with van der Waals surface area (Å²) in [6.45, 7) is 1.75. The molecule has 126 valence electrons. The predicted molar refractivity (Wildman–Crippen MR) is 96.5 cm³/mol. The number of esters is 1. The van der Waals surface area contributed by atoms with Crippen molar-refractivity contribution in [3.05, 3.63) is 70.7 Å². The predicted octanol–water partition coefficient (Wildman–Crippen LogP) is 3.67. The highest BCUT2D eigenvalue weighted by Crippen LogP contribution is 2.35. The maximum absolute atomic E-state index is 12.2. The van der Waals surface area contributed by atoms with Gasteiger partial charge in [0.1, 0.15) is 11.4 Å². The number of rotatable bonds is 5. The number of nitrogens with zero attached hydrogens (tertiary/aromatic N) is 1. The minimum absolute atomic E-state index is 0.228. The molecular weight excluding hydrogens is 336 g/mol. The van der Waals surface area contributed by atoms with Gasteiger partial charge in [0.15, 0.2) is 0 Å². The molecule has 0 fully saturated rings. The van der Waals surface area contributed by atoms with E-state index in [2.05, 4.69) is 10.3 Å². The molecule has 5 nitrogen and oxygen atoms in total. The number of carbonyl (C=O) groups is 2. The summed E-state index contributed by atoms with van der Waals surface area (Å²) in [5, 5.41) is 4.82. The molecule has 0 saturated heterocycles. The first-order chi connectivity index (χ1) is 12.1. The molecule has 0 saturated carbocycles. The van der Waals surface area contributed by atoms with Crippen LogP contribution in [0.5, 0.6) is 5.75 Å². The lowest BCUT2D eigenvalue weighted by Gasteiger charge is -2.10. The molecule has 0 radical (unpaired) electrons. The van der Waals surface area contributed by atoms with E-state index in [9.17, 15) is 9.59 Å². The van der Waals surface area contributed by atoms with Crippen LogP contribution >= 0.6 is 11.3 Å². The van der Waals surface area contributed by atoms with Crippen LogP contribution in [0.2, 0.25) is 0 Å². The number of hydrogen-bond donors (Lipinski definition) is 1. The lowest BCUT2D eigenvalue weighted by atomic mass is 10.1. The molecule has 1 N–H and O–H groups in total. The first-order valence-electron chi connectivity index (χ1n) is 7.68. The number of para-hydroxylation sites is 1. The van der Waals surface area contributed by atoms with Gasteiger partial charge in [0.25, 0.3) is 5.91 Å². The number of hydrogen-bond acceptors (Lipinski definition) is 5. The Labute approximate surface area is 149 Å². The monoisotopic (exact) mass is 352 g/mol. The Morgan fingerprint density at radius 3 is 2.64 bits per heavy atom. The zero-order valence-electron chi connectivity index (χ0n) is 13.6. The molecule has 3 aromatic rings. The molecule has 3 rings (SSSR count). The van der Waals surface area contributed by atoms with Crippen molar-refractivity contribution in [2.75, 3.05) is 0 Å². The summed E-state index contributed by atoms with van der Waals surface area (Å²) in [5.74, 6) is -0.0911. The smallest absolute Gasteiger partial charge is 0.308 e. The quantitative estimate of drug-likeness (QED) is 0.562. The molecular formula is C19H16N2O3S. The SMILES string of the molecule is CC(=O)Oc1ccccc1-c1ccsc1CNC(=O)c1ccccn1. The zero-order chi connectivity index (χ0) is 17.6. The van der Waals surface area contributed by atoms with Crippen molar-refractivity contribution >= 4 is 23.2 Å². The van der Waals surface area contributed by atoms with Gasteiger partial charge in [-0.15, -0.1) is 11.3 Å². The van der Waals surface area contributed by atoms with Crippen LogP contribution in [-0.4, -0.2) is 16.9 Å². The summed E-state index contributed by atoms with van der Waals surface area (Å²) in [4.78, 5) is 28.5. The van der Waals surface area contributed by atoms with Crippen LogP contribution < -0.4 is 10.1 Å². The largest absolute Gasteiger partial charge is 0.426 e. The maximum Gasteiger partial charge on any atom is 0.308 e. The van der Waals surface area contributed by atoms with Crippen LogP contribution in [0.25, 0.3) is 11.1 Å². The second-order valence-electron chi connectivity index (χ2n) is 5.24. The number of thiophene rings is 1. The second kappa shape index (κ2) is 7.72. The molecule has 0 aliphatic heterocycles. The fourth-order valence-corrected chi connectivity index (χ4v) is 3.23. The highest BCUT2D eigenvalue weighted by atomic mass is 32.1. The molecule has 6 heteroatoms. The van der Waals surface area contributed by atoms with Gasteiger partial charge in [-0.05, 0) is 29.6 Å². The Morgan fingerprint density at radius 1 is 1.08 bits per heavy atom. The topological polar surface area (TPSA) is 68.3 Å². The highest BCUT2D eigenvalue weighted by molar-refractivity contribution is 7.10. The number of carbonyl (C=O) groups excluding carboxylic acids is 2. The molecule has 0 bridgehead atoms.